The van der Waals surface area contributed by atoms with Crippen molar-refractivity contribution in [2.75, 3.05) is 7.11 Å². The first kappa shape index (κ1) is 16.0. The summed E-state index contributed by atoms with van der Waals surface area (Å²) in [5.74, 6) is -0.463. The van der Waals surface area contributed by atoms with E-state index in [0.717, 1.165) is 5.56 Å². The molecule has 1 atom stereocenters. The Morgan fingerprint density at radius 1 is 1.00 bits per heavy atom. The molecule has 0 aliphatic rings. The van der Waals surface area contributed by atoms with Crippen molar-refractivity contribution in [2.45, 2.75) is 12.3 Å². The van der Waals surface area contributed by atoms with E-state index in [4.69, 9.17) is 5.11 Å². The summed E-state index contributed by atoms with van der Waals surface area (Å²) in [5.41, 5.74) is 1.58. The molecule has 0 bridgehead atoms. The summed E-state index contributed by atoms with van der Waals surface area (Å²) in [6.07, 6.45) is -7.19. The van der Waals surface area contributed by atoms with Gasteiger partial charge in [-0.1, -0.05) is 36.4 Å². The van der Waals surface area contributed by atoms with Gasteiger partial charge in [0.1, 0.15) is 0 Å². The van der Waals surface area contributed by atoms with Crippen LogP contribution in [-0.2, 0) is 4.74 Å². The van der Waals surface area contributed by atoms with Crippen molar-refractivity contribution in [3.63, 3.8) is 0 Å². The quantitative estimate of drug-likeness (QED) is 0.879. The molecule has 0 radical (unpaired) electrons. The van der Waals surface area contributed by atoms with Crippen LogP contribution in [0.3, 0.4) is 0 Å². The Labute approximate surface area is 125 Å². The lowest BCUT2D eigenvalue weighted by molar-refractivity contribution is -0.206. The van der Waals surface area contributed by atoms with Crippen LogP contribution in [0.1, 0.15) is 22.0 Å². The minimum atomic E-state index is -4.69. The van der Waals surface area contributed by atoms with Crippen LogP contribution in [0.5, 0.6) is 0 Å². The molecule has 1 N–H and O–H groups in total. The number of halogens is 3. The largest absolute Gasteiger partial charge is 0.465 e. The zero-order chi connectivity index (χ0) is 16.3. The third-order valence-electron chi connectivity index (χ3n) is 3.18. The minimum Gasteiger partial charge on any atom is -0.465 e. The first-order valence-corrected chi connectivity index (χ1v) is 6.36. The van der Waals surface area contributed by atoms with Gasteiger partial charge in [-0.05, 0) is 28.8 Å². The second kappa shape index (κ2) is 6.19. The topological polar surface area (TPSA) is 46.5 Å². The summed E-state index contributed by atoms with van der Waals surface area (Å²) in [7, 11) is 1.28. The number of rotatable bonds is 3. The average molecular weight is 310 g/mol. The van der Waals surface area contributed by atoms with Crippen LogP contribution in [0.4, 0.5) is 13.2 Å². The molecule has 2 rings (SSSR count). The Kier molecular flexibility index (Phi) is 4.51. The fraction of sp³-hybridized carbons (Fsp3) is 0.188. The Hall–Kier alpha value is -2.34. The molecule has 0 fully saturated rings. The lowest BCUT2D eigenvalue weighted by atomic mass is 10.0. The SMILES string of the molecule is COC(=O)c1ccc(-c2ccc(C(O)C(F)(F)F)cc2)cc1. The molecule has 6 heteroatoms. The number of esters is 1. The van der Waals surface area contributed by atoms with Crippen molar-refractivity contribution in [1.82, 2.24) is 0 Å². The predicted molar refractivity (Wildman–Crippen MR) is 74.2 cm³/mol. The van der Waals surface area contributed by atoms with Crippen molar-refractivity contribution >= 4 is 5.97 Å². The van der Waals surface area contributed by atoms with Crippen LogP contribution in [0, 0.1) is 0 Å². The third-order valence-corrected chi connectivity index (χ3v) is 3.18. The lowest BCUT2D eigenvalue weighted by Gasteiger charge is -2.15. The molecule has 0 saturated carbocycles. The summed E-state index contributed by atoms with van der Waals surface area (Å²) in [4.78, 5) is 11.3. The van der Waals surface area contributed by atoms with E-state index in [1.165, 1.54) is 31.4 Å². The summed E-state index contributed by atoms with van der Waals surface area (Å²) in [6.45, 7) is 0. The predicted octanol–water partition coefficient (Wildman–Crippen LogP) is 3.74. The number of hydrogen-bond acceptors (Lipinski definition) is 3. The number of hydrogen-bond donors (Lipinski definition) is 1. The van der Waals surface area contributed by atoms with Gasteiger partial charge in [-0.3, -0.25) is 0 Å². The highest BCUT2D eigenvalue weighted by atomic mass is 19.4. The van der Waals surface area contributed by atoms with Gasteiger partial charge in [-0.15, -0.1) is 0 Å². The molecule has 3 nitrogen and oxygen atoms in total. The van der Waals surface area contributed by atoms with E-state index in [0.29, 0.717) is 11.1 Å². The molecule has 116 valence electrons. The molecule has 2 aromatic rings. The number of ether oxygens (including phenoxy) is 1. The average Bonchev–Trinajstić information content (AvgIpc) is 2.53. The van der Waals surface area contributed by atoms with E-state index in [1.807, 2.05) is 0 Å². The van der Waals surface area contributed by atoms with Crippen LogP contribution < -0.4 is 0 Å². The third kappa shape index (κ3) is 3.46. The normalized spacial score (nSPS) is 12.8. The van der Waals surface area contributed by atoms with E-state index < -0.39 is 18.2 Å². The Balaban J connectivity index is 2.22. The Morgan fingerprint density at radius 3 is 1.86 bits per heavy atom. The second-order valence-electron chi connectivity index (χ2n) is 4.64. The molecule has 0 saturated heterocycles. The maximum Gasteiger partial charge on any atom is 0.418 e. The van der Waals surface area contributed by atoms with Crippen molar-refractivity contribution in [3.05, 3.63) is 59.7 Å². The molecular formula is C16H13F3O3. The molecule has 0 aliphatic heterocycles. The van der Waals surface area contributed by atoms with Crippen LogP contribution >= 0.6 is 0 Å². The molecule has 22 heavy (non-hydrogen) atoms. The highest BCUT2D eigenvalue weighted by Gasteiger charge is 2.39. The van der Waals surface area contributed by atoms with E-state index in [-0.39, 0.29) is 5.56 Å². The summed E-state index contributed by atoms with van der Waals surface area (Å²) in [6, 6.07) is 11.9. The molecule has 1 unspecified atom stereocenters. The van der Waals surface area contributed by atoms with E-state index >= 15 is 0 Å². The standard InChI is InChI=1S/C16H13F3O3/c1-22-15(21)13-8-4-11(5-9-13)10-2-6-12(7-3-10)14(20)16(17,18)19/h2-9,14,20H,1H3. The van der Waals surface area contributed by atoms with Crippen LogP contribution in [0.25, 0.3) is 11.1 Å². The fourth-order valence-corrected chi connectivity index (χ4v) is 1.96. The molecular weight excluding hydrogens is 297 g/mol. The Morgan fingerprint density at radius 2 is 1.45 bits per heavy atom. The zero-order valence-corrected chi connectivity index (χ0v) is 11.6. The number of carbonyl (C=O) groups is 1. The molecule has 2 aromatic carbocycles. The summed E-state index contributed by atoms with van der Waals surface area (Å²) in [5, 5.41) is 9.17. The fourth-order valence-electron chi connectivity index (χ4n) is 1.96. The molecule has 0 aliphatic carbocycles. The second-order valence-corrected chi connectivity index (χ2v) is 4.64. The maximum absolute atomic E-state index is 12.4. The smallest absolute Gasteiger partial charge is 0.418 e. The molecule has 0 amide bonds. The van der Waals surface area contributed by atoms with Gasteiger partial charge in [-0.2, -0.15) is 13.2 Å². The van der Waals surface area contributed by atoms with Gasteiger partial charge in [0.25, 0.3) is 0 Å². The first-order valence-electron chi connectivity index (χ1n) is 6.36. The number of aliphatic hydroxyl groups excluding tert-OH is 1. The molecule has 0 heterocycles. The number of carbonyl (C=O) groups excluding carboxylic acids is 1. The van der Waals surface area contributed by atoms with Gasteiger partial charge >= 0.3 is 12.1 Å². The van der Waals surface area contributed by atoms with Crippen LogP contribution in [-0.4, -0.2) is 24.4 Å². The number of methoxy groups -OCH3 is 1. The highest BCUT2D eigenvalue weighted by Crippen LogP contribution is 2.33. The zero-order valence-electron chi connectivity index (χ0n) is 11.6. The van der Waals surface area contributed by atoms with Crippen molar-refractivity contribution < 1.29 is 27.8 Å². The highest BCUT2D eigenvalue weighted by molar-refractivity contribution is 5.89. The van der Waals surface area contributed by atoms with E-state index in [2.05, 4.69) is 4.74 Å². The molecule has 0 aromatic heterocycles. The van der Waals surface area contributed by atoms with Crippen molar-refractivity contribution in [2.24, 2.45) is 0 Å². The van der Waals surface area contributed by atoms with E-state index in [9.17, 15) is 18.0 Å². The monoisotopic (exact) mass is 310 g/mol. The van der Waals surface area contributed by atoms with E-state index in [1.54, 1.807) is 24.3 Å². The van der Waals surface area contributed by atoms with Gasteiger partial charge in [0.15, 0.2) is 6.10 Å². The van der Waals surface area contributed by atoms with Gasteiger partial charge < -0.3 is 9.84 Å². The maximum atomic E-state index is 12.4. The van der Waals surface area contributed by atoms with Gasteiger partial charge in [0.05, 0.1) is 12.7 Å². The van der Waals surface area contributed by atoms with Crippen LogP contribution in [0.15, 0.2) is 48.5 Å². The van der Waals surface area contributed by atoms with Crippen molar-refractivity contribution in [3.8, 4) is 11.1 Å². The summed E-state index contributed by atoms with van der Waals surface area (Å²) < 4.78 is 41.8. The first-order chi connectivity index (χ1) is 10.3. The molecule has 0 spiro atoms. The van der Waals surface area contributed by atoms with Gasteiger partial charge in [0.2, 0.25) is 0 Å². The number of alkyl halides is 3. The van der Waals surface area contributed by atoms with Gasteiger partial charge in [0, 0.05) is 0 Å². The van der Waals surface area contributed by atoms with Crippen molar-refractivity contribution in [1.29, 1.82) is 0 Å². The number of benzene rings is 2. The number of aliphatic hydroxyl groups is 1. The van der Waals surface area contributed by atoms with Crippen LogP contribution in [0.2, 0.25) is 0 Å². The lowest BCUT2D eigenvalue weighted by Crippen LogP contribution is -2.19. The Bertz CT molecular complexity index is 646. The summed E-state index contributed by atoms with van der Waals surface area (Å²) >= 11 is 0. The minimum absolute atomic E-state index is 0.220. The van der Waals surface area contributed by atoms with Gasteiger partial charge in [-0.25, -0.2) is 4.79 Å².